The van der Waals surface area contributed by atoms with E-state index in [9.17, 15) is 0 Å². The molecule has 2 N–H and O–H groups in total. The van der Waals surface area contributed by atoms with Crippen molar-refractivity contribution in [3.8, 4) is 6.19 Å². The number of aromatic nitrogens is 3. The molecule has 0 spiro atoms. The molecule has 0 bridgehead atoms. The summed E-state index contributed by atoms with van der Waals surface area (Å²) in [6.45, 7) is 0.644. The summed E-state index contributed by atoms with van der Waals surface area (Å²) in [6.07, 6.45) is 6.68. The Kier molecular flexibility index (Phi) is 3.45. The quantitative estimate of drug-likeness (QED) is 0.605. The van der Waals surface area contributed by atoms with E-state index in [2.05, 4.69) is 25.6 Å². The number of hydrogen-bond donors (Lipinski definition) is 2. The molecule has 2 rings (SSSR count). The number of nitrogens with zero attached hydrogens (tertiary/aromatic N) is 4. The lowest BCUT2D eigenvalue weighted by Crippen LogP contribution is -2.02. The molecule has 2 aromatic heterocycles. The van der Waals surface area contributed by atoms with Crippen LogP contribution in [0.15, 0.2) is 36.9 Å². The summed E-state index contributed by atoms with van der Waals surface area (Å²) in [5.41, 5.74) is 1.11. The first-order valence-electron chi connectivity index (χ1n) is 4.98. The number of nitriles is 1. The van der Waals surface area contributed by atoms with Gasteiger partial charge in [0.2, 0.25) is 0 Å². The van der Waals surface area contributed by atoms with Gasteiger partial charge in [0.05, 0.1) is 0 Å². The molecule has 84 valence electrons. The van der Waals surface area contributed by atoms with E-state index in [-0.39, 0.29) is 0 Å². The zero-order valence-electron chi connectivity index (χ0n) is 8.96. The van der Waals surface area contributed by atoms with Crippen LogP contribution in [0.1, 0.15) is 5.56 Å². The van der Waals surface area contributed by atoms with Gasteiger partial charge in [-0.05, 0) is 17.7 Å². The second-order valence-corrected chi connectivity index (χ2v) is 3.23. The predicted molar refractivity (Wildman–Crippen MR) is 62.8 cm³/mol. The van der Waals surface area contributed by atoms with E-state index in [1.807, 2.05) is 18.3 Å². The molecule has 0 aliphatic heterocycles. The Hall–Kier alpha value is -2.68. The molecule has 0 unspecified atom stereocenters. The number of anilines is 2. The van der Waals surface area contributed by atoms with Crippen molar-refractivity contribution in [2.75, 3.05) is 10.6 Å². The molecule has 0 saturated heterocycles. The van der Waals surface area contributed by atoms with Crippen molar-refractivity contribution in [3.05, 3.63) is 42.5 Å². The van der Waals surface area contributed by atoms with Gasteiger partial charge < -0.3 is 5.32 Å². The fourth-order valence-corrected chi connectivity index (χ4v) is 1.27. The van der Waals surface area contributed by atoms with Gasteiger partial charge in [-0.3, -0.25) is 10.3 Å². The zero-order chi connectivity index (χ0) is 11.9. The number of pyridine rings is 1. The minimum Gasteiger partial charge on any atom is -0.366 e. The summed E-state index contributed by atoms with van der Waals surface area (Å²) in [5, 5.41) is 14.1. The van der Waals surface area contributed by atoms with Crippen LogP contribution in [0, 0.1) is 11.5 Å². The molecule has 6 nitrogen and oxygen atoms in total. The predicted octanol–water partition coefficient (Wildman–Crippen LogP) is 1.38. The molecule has 0 aliphatic carbocycles. The lowest BCUT2D eigenvalue weighted by molar-refractivity contribution is 1.07. The minimum atomic E-state index is 0.472. The molecule has 2 aromatic rings. The van der Waals surface area contributed by atoms with Crippen LogP contribution < -0.4 is 10.6 Å². The molecule has 0 radical (unpaired) electrons. The summed E-state index contributed by atoms with van der Waals surface area (Å²) >= 11 is 0. The third-order valence-corrected chi connectivity index (χ3v) is 2.07. The van der Waals surface area contributed by atoms with Crippen LogP contribution in [0.3, 0.4) is 0 Å². The lowest BCUT2D eigenvalue weighted by Gasteiger charge is -2.05. The molecule has 17 heavy (non-hydrogen) atoms. The zero-order valence-corrected chi connectivity index (χ0v) is 8.96. The van der Waals surface area contributed by atoms with Crippen LogP contribution in [0.2, 0.25) is 0 Å². The molecule has 2 heterocycles. The molecular formula is C11H10N6. The minimum absolute atomic E-state index is 0.472. The second-order valence-electron chi connectivity index (χ2n) is 3.23. The summed E-state index contributed by atoms with van der Waals surface area (Å²) in [7, 11) is 0. The van der Waals surface area contributed by atoms with Crippen molar-refractivity contribution in [1.29, 1.82) is 5.26 Å². The van der Waals surface area contributed by atoms with Crippen LogP contribution in [-0.2, 0) is 6.54 Å². The normalized spacial score (nSPS) is 9.35. The maximum atomic E-state index is 8.47. The van der Waals surface area contributed by atoms with Gasteiger partial charge in [0, 0.05) is 25.0 Å². The summed E-state index contributed by atoms with van der Waals surface area (Å²) in [6, 6.07) is 5.51. The van der Waals surface area contributed by atoms with Crippen molar-refractivity contribution in [2.24, 2.45) is 0 Å². The van der Waals surface area contributed by atoms with Crippen LogP contribution in [0.25, 0.3) is 0 Å². The highest BCUT2D eigenvalue weighted by molar-refractivity contribution is 5.48. The third kappa shape index (κ3) is 3.14. The van der Waals surface area contributed by atoms with Crippen LogP contribution in [-0.4, -0.2) is 15.0 Å². The average molecular weight is 226 g/mol. The lowest BCUT2D eigenvalue weighted by atomic mass is 10.3. The largest absolute Gasteiger partial charge is 0.366 e. The van der Waals surface area contributed by atoms with Gasteiger partial charge >= 0.3 is 0 Å². The summed E-state index contributed by atoms with van der Waals surface area (Å²) in [4.78, 5) is 11.9. The molecule has 0 saturated carbocycles. The van der Waals surface area contributed by atoms with Gasteiger partial charge in [-0.2, -0.15) is 5.26 Å². The highest BCUT2D eigenvalue weighted by Crippen LogP contribution is 2.09. The average Bonchev–Trinajstić information content (AvgIpc) is 2.39. The van der Waals surface area contributed by atoms with E-state index in [1.165, 1.54) is 6.33 Å². The molecule has 0 atom stereocenters. The molecule has 0 amide bonds. The topological polar surface area (TPSA) is 86.5 Å². The number of nitrogens with one attached hydrogen (secondary N) is 2. The summed E-state index contributed by atoms with van der Waals surface area (Å²) in [5.74, 6) is 1.13. The first-order chi connectivity index (χ1) is 8.38. The first kappa shape index (κ1) is 10.8. The van der Waals surface area contributed by atoms with Crippen molar-refractivity contribution < 1.29 is 0 Å². The monoisotopic (exact) mass is 226 g/mol. The Balaban J connectivity index is 2.00. The van der Waals surface area contributed by atoms with Crippen LogP contribution in [0.5, 0.6) is 0 Å². The van der Waals surface area contributed by atoms with E-state index in [1.54, 1.807) is 18.5 Å². The molecular weight excluding hydrogens is 216 g/mol. The van der Waals surface area contributed by atoms with Gasteiger partial charge in [-0.1, -0.05) is 0 Å². The van der Waals surface area contributed by atoms with Crippen molar-refractivity contribution in [1.82, 2.24) is 15.0 Å². The standard InChI is InChI=1S/C11H10N6/c12-7-15-11-5-10(16-8-17-11)14-6-9-1-3-13-4-2-9/h1-5,8H,6H2,(H2,14,15,16,17). The summed E-state index contributed by atoms with van der Waals surface area (Å²) < 4.78 is 0. The Morgan fingerprint density at radius 1 is 1.18 bits per heavy atom. The van der Waals surface area contributed by atoms with E-state index >= 15 is 0 Å². The highest BCUT2D eigenvalue weighted by Gasteiger charge is 1.97. The Labute approximate surface area is 98.4 Å². The fraction of sp³-hybridized carbons (Fsp3) is 0.0909. The van der Waals surface area contributed by atoms with Crippen molar-refractivity contribution in [2.45, 2.75) is 6.54 Å². The first-order valence-corrected chi connectivity index (χ1v) is 4.98. The van der Waals surface area contributed by atoms with Crippen molar-refractivity contribution >= 4 is 11.6 Å². The number of hydrogen-bond acceptors (Lipinski definition) is 6. The maximum Gasteiger partial charge on any atom is 0.182 e. The highest BCUT2D eigenvalue weighted by atomic mass is 15.1. The van der Waals surface area contributed by atoms with Crippen molar-refractivity contribution in [3.63, 3.8) is 0 Å². The molecule has 0 fully saturated rings. The second kappa shape index (κ2) is 5.42. The van der Waals surface area contributed by atoms with Gasteiger partial charge in [-0.25, -0.2) is 9.97 Å². The SMILES string of the molecule is N#CNc1cc(NCc2ccncc2)ncn1. The van der Waals surface area contributed by atoms with E-state index in [4.69, 9.17) is 5.26 Å². The Bertz CT molecular complexity index is 519. The van der Waals surface area contributed by atoms with E-state index < -0.39 is 0 Å². The van der Waals surface area contributed by atoms with Gasteiger partial charge in [0.15, 0.2) is 6.19 Å². The molecule has 0 aromatic carbocycles. The molecule has 0 aliphatic rings. The van der Waals surface area contributed by atoms with Gasteiger partial charge in [0.1, 0.15) is 18.0 Å². The van der Waals surface area contributed by atoms with E-state index in [0.29, 0.717) is 18.2 Å². The third-order valence-electron chi connectivity index (χ3n) is 2.07. The van der Waals surface area contributed by atoms with Gasteiger partial charge in [0.25, 0.3) is 0 Å². The Morgan fingerprint density at radius 3 is 2.71 bits per heavy atom. The van der Waals surface area contributed by atoms with Crippen LogP contribution in [0.4, 0.5) is 11.6 Å². The van der Waals surface area contributed by atoms with E-state index in [0.717, 1.165) is 5.56 Å². The van der Waals surface area contributed by atoms with Gasteiger partial charge in [-0.15, -0.1) is 0 Å². The Morgan fingerprint density at radius 2 is 1.94 bits per heavy atom. The molecule has 6 heteroatoms. The van der Waals surface area contributed by atoms with Crippen LogP contribution >= 0.6 is 0 Å². The number of rotatable bonds is 4. The maximum absolute atomic E-state index is 8.47. The smallest absolute Gasteiger partial charge is 0.182 e. The fourth-order valence-electron chi connectivity index (χ4n) is 1.27.